The lowest BCUT2D eigenvalue weighted by Gasteiger charge is -2.41. The Hall–Kier alpha value is -2.31. The van der Waals surface area contributed by atoms with Crippen LogP contribution in [-0.4, -0.2) is 77.4 Å². The summed E-state index contributed by atoms with van der Waals surface area (Å²) in [5, 5.41) is 40.4. The number of esters is 1. The number of alkyl halides is 3. The van der Waals surface area contributed by atoms with Crippen LogP contribution >= 0.6 is 34.2 Å². The van der Waals surface area contributed by atoms with E-state index in [1.54, 1.807) is 6.92 Å². The highest BCUT2D eigenvalue weighted by Gasteiger charge is 2.49. The van der Waals surface area contributed by atoms with Gasteiger partial charge in [0.15, 0.2) is 11.5 Å². The molecule has 1 fully saturated rings. The average Bonchev–Trinajstić information content (AvgIpc) is 3.41. The van der Waals surface area contributed by atoms with E-state index in [1.807, 2.05) is 22.6 Å². The van der Waals surface area contributed by atoms with Crippen molar-refractivity contribution in [2.75, 3.05) is 13.2 Å². The molecular weight excluding hydrogens is 650 g/mol. The van der Waals surface area contributed by atoms with Crippen molar-refractivity contribution in [2.24, 2.45) is 0 Å². The molecule has 1 aliphatic rings. The number of aliphatic hydroxyl groups is 3. The Morgan fingerprint density at radius 2 is 1.97 bits per heavy atom. The van der Waals surface area contributed by atoms with E-state index < -0.39 is 60.5 Å². The molecule has 0 aliphatic carbocycles. The zero-order chi connectivity index (χ0) is 27.9. The number of benzene rings is 1. The molecule has 3 aromatic rings. The van der Waals surface area contributed by atoms with Crippen molar-refractivity contribution in [3.8, 4) is 5.69 Å². The fraction of sp³-hybridized carbons (Fsp3) is 0.455. The maximum atomic E-state index is 13.8. The molecule has 0 radical (unpaired) electrons. The third-order valence-corrected chi connectivity index (χ3v) is 6.86. The van der Waals surface area contributed by atoms with Gasteiger partial charge in [-0.3, -0.25) is 4.68 Å². The van der Waals surface area contributed by atoms with Gasteiger partial charge in [0.1, 0.15) is 36.3 Å². The van der Waals surface area contributed by atoms with Gasteiger partial charge in [-0.15, -0.1) is 0 Å². The van der Waals surface area contributed by atoms with Gasteiger partial charge in [0.25, 0.3) is 0 Å². The molecule has 0 bridgehead atoms. The molecule has 1 aliphatic heterocycles. The summed E-state index contributed by atoms with van der Waals surface area (Å²) in [6.07, 6.45) is -9.34. The van der Waals surface area contributed by atoms with Crippen molar-refractivity contribution in [3.05, 3.63) is 55.9 Å². The highest BCUT2D eigenvalue weighted by molar-refractivity contribution is 14.1. The minimum Gasteiger partial charge on any atom is -0.461 e. The second kappa shape index (κ2) is 11.1. The zero-order valence-corrected chi connectivity index (χ0v) is 22.7. The highest BCUT2D eigenvalue weighted by Crippen LogP contribution is 2.41. The number of hydrogen-bond acceptors (Lipinski definition) is 9. The van der Waals surface area contributed by atoms with E-state index in [4.69, 9.17) is 21.1 Å². The molecule has 1 aromatic carbocycles. The van der Waals surface area contributed by atoms with Crippen LogP contribution in [0.1, 0.15) is 46.8 Å². The molecule has 0 amide bonds. The van der Waals surface area contributed by atoms with E-state index >= 15 is 0 Å². The number of hydrogen-bond donors (Lipinski definition) is 3. The third kappa shape index (κ3) is 5.40. The topological polar surface area (TPSA) is 145 Å². The van der Waals surface area contributed by atoms with Crippen molar-refractivity contribution in [1.29, 1.82) is 0 Å². The first kappa shape index (κ1) is 28.7. The molecule has 4 rings (SSSR count). The maximum Gasteiger partial charge on any atom is 0.418 e. The second-order valence-corrected chi connectivity index (χ2v) is 9.96. The van der Waals surface area contributed by atoms with Gasteiger partial charge in [-0.1, -0.05) is 11.6 Å². The largest absolute Gasteiger partial charge is 0.461 e. The number of aryl methyl sites for hydroxylation is 1. The van der Waals surface area contributed by atoms with Gasteiger partial charge in [-0.25, -0.2) is 14.5 Å². The fourth-order valence-electron chi connectivity index (χ4n) is 4.20. The first-order valence-electron chi connectivity index (χ1n) is 11.2. The van der Waals surface area contributed by atoms with Gasteiger partial charge in [-0.05, 0) is 54.6 Å². The van der Waals surface area contributed by atoms with Crippen molar-refractivity contribution >= 4 is 40.2 Å². The van der Waals surface area contributed by atoms with Crippen LogP contribution in [0.15, 0.2) is 24.4 Å². The van der Waals surface area contributed by atoms with E-state index in [9.17, 15) is 33.3 Å². The molecule has 0 spiro atoms. The first-order valence-corrected chi connectivity index (χ1v) is 12.7. The Kier molecular flexibility index (Phi) is 8.34. The second-order valence-electron chi connectivity index (χ2n) is 8.36. The molecule has 38 heavy (non-hydrogen) atoms. The van der Waals surface area contributed by atoms with E-state index in [0.29, 0.717) is 3.57 Å². The minimum atomic E-state index is -4.77. The van der Waals surface area contributed by atoms with Crippen LogP contribution in [0.25, 0.3) is 5.69 Å². The Bertz CT molecular complexity index is 1340. The van der Waals surface area contributed by atoms with Gasteiger partial charge in [0.05, 0.1) is 28.0 Å². The Labute approximate surface area is 232 Å². The minimum absolute atomic E-state index is 0.00337. The molecule has 16 heteroatoms. The molecule has 3 N–H and O–H groups in total. The first-order chi connectivity index (χ1) is 17.9. The Morgan fingerprint density at radius 1 is 1.26 bits per heavy atom. The van der Waals surface area contributed by atoms with Gasteiger partial charge < -0.3 is 24.8 Å². The summed E-state index contributed by atoms with van der Waals surface area (Å²) in [5.74, 6) is -0.895. The molecule has 5 atom stereocenters. The van der Waals surface area contributed by atoms with E-state index in [0.717, 1.165) is 27.6 Å². The number of carbonyl (C=O) groups excluding carboxylic acids is 1. The van der Waals surface area contributed by atoms with Crippen molar-refractivity contribution < 1.29 is 42.8 Å². The van der Waals surface area contributed by atoms with E-state index in [2.05, 4.69) is 15.2 Å². The van der Waals surface area contributed by atoms with E-state index in [-0.39, 0.29) is 29.0 Å². The summed E-state index contributed by atoms with van der Waals surface area (Å²) in [6.45, 7) is 2.44. The summed E-state index contributed by atoms with van der Waals surface area (Å²) >= 11 is 7.83. The monoisotopic (exact) mass is 671 g/mol. The average molecular weight is 672 g/mol. The van der Waals surface area contributed by atoms with Crippen LogP contribution in [-0.2, 0) is 15.7 Å². The summed E-state index contributed by atoms with van der Waals surface area (Å²) in [7, 11) is 0. The van der Waals surface area contributed by atoms with Crippen molar-refractivity contribution in [3.63, 3.8) is 0 Å². The number of halogens is 5. The zero-order valence-electron chi connectivity index (χ0n) is 19.8. The predicted octanol–water partition coefficient (Wildman–Crippen LogP) is 2.62. The van der Waals surface area contributed by atoms with Gasteiger partial charge in [-0.2, -0.15) is 23.4 Å². The van der Waals surface area contributed by atoms with Crippen LogP contribution in [0, 0.1) is 10.5 Å². The van der Waals surface area contributed by atoms with Crippen LogP contribution < -0.4 is 0 Å². The smallest absolute Gasteiger partial charge is 0.418 e. The summed E-state index contributed by atoms with van der Waals surface area (Å²) in [4.78, 5) is 16.5. The number of aromatic nitrogens is 5. The molecule has 11 nitrogen and oxygen atoms in total. The van der Waals surface area contributed by atoms with Crippen LogP contribution in [0.3, 0.4) is 0 Å². The normalized spacial score (nSPS) is 24.0. The number of carbonyl (C=O) groups is 1. The summed E-state index contributed by atoms with van der Waals surface area (Å²) in [6, 6.07) is 1.63. The van der Waals surface area contributed by atoms with Gasteiger partial charge in [0.2, 0.25) is 0 Å². The standard InChI is InChI=1S/C22H22ClF3IN5O6/c1-3-37-21(36)15-12(27)7-31(30-15)16-17(34)14(8-33)38-19(18(16)35)20-28-9(2)29-32(20)13-6-10(23)4-5-11(13)22(24,25)26/h4-7,14,16-19,33-35H,3,8H2,1-2H3/t14-,16+,17+,18-,19-/m1/s1. The van der Waals surface area contributed by atoms with Gasteiger partial charge >= 0.3 is 12.1 Å². The number of nitrogens with zero attached hydrogens (tertiary/aromatic N) is 5. The lowest BCUT2D eigenvalue weighted by molar-refractivity contribution is -0.210. The molecule has 0 saturated carbocycles. The SMILES string of the molecule is CCOC(=O)c1nn([C@H]2[C@@H](O)[C@@H](CO)O[C@@H](c3nc(C)nn3-c3cc(Cl)ccc3C(F)(F)F)[C@@H]2O)cc1I. The van der Waals surface area contributed by atoms with Gasteiger partial charge in [0, 0.05) is 11.2 Å². The number of ether oxygens (including phenoxy) is 2. The molecule has 1 saturated heterocycles. The fourth-order valence-corrected chi connectivity index (χ4v) is 4.98. The van der Waals surface area contributed by atoms with Crippen molar-refractivity contribution in [2.45, 2.75) is 50.5 Å². The lowest BCUT2D eigenvalue weighted by Crippen LogP contribution is -2.53. The lowest BCUT2D eigenvalue weighted by atomic mass is 9.92. The van der Waals surface area contributed by atoms with Crippen LogP contribution in [0.2, 0.25) is 5.02 Å². The number of rotatable bonds is 6. The van der Waals surface area contributed by atoms with Crippen molar-refractivity contribution in [1.82, 2.24) is 24.5 Å². The van der Waals surface area contributed by atoms with Crippen LogP contribution in [0.4, 0.5) is 13.2 Å². The quantitative estimate of drug-likeness (QED) is 0.266. The Morgan fingerprint density at radius 3 is 2.61 bits per heavy atom. The molecule has 3 heterocycles. The summed E-state index contributed by atoms with van der Waals surface area (Å²) < 4.78 is 54.6. The molecule has 0 unspecified atom stereocenters. The third-order valence-electron chi connectivity index (χ3n) is 5.84. The molecule has 2 aromatic heterocycles. The summed E-state index contributed by atoms with van der Waals surface area (Å²) in [5.41, 5.74) is -1.59. The highest BCUT2D eigenvalue weighted by atomic mass is 127. The molecular formula is C22H22ClF3IN5O6. The maximum absolute atomic E-state index is 13.8. The number of aliphatic hydroxyl groups excluding tert-OH is 3. The van der Waals surface area contributed by atoms with Crippen LogP contribution in [0.5, 0.6) is 0 Å². The predicted molar refractivity (Wildman–Crippen MR) is 133 cm³/mol. The molecule has 206 valence electrons. The van der Waals surface area contributed by atoms with E-state index in [1.165, 1.54) is 13.1 Å². The Balaban J connectivity index is 1.82.